The van der Waals surface area contributed by atoms with E-state index in [1.54, 1.807) is 7.11 Å². The number of morpholine rings is 1. The Kier molecular flexibility index (Phi) is 6.31. The third-order valence-corrected chi connectivity index (χ3v) is 5.39. The lowest BCUT2D eigenvalue weighted by molar-refractivity contribution is -0.0817. The largest absolute Gasteiger partial charge is 0.497 e. The van der Waals surface area contributed by atoms with Crippen LogP contribution >= 0.6 is 0 Å². The number of benzene rings is 1. The number of methoxy groups -OCH3 is 1. The van der Waals surface area contributed by atoms with E-state index in [-0.39, 0.29) is 12.2 Å². The van der Waals surface area contributed by atoms with Gasteiger partial charge in [0.2, 0.25) is 0 Å². The first-order valence-electron chi connectivity index (χ1n) is 10.1. The van der Waals surface area contributed by atoms with Gasteiger partial charge in [-0.2, -0.15) is 5.10 Å². The van der Waals surface area contributed by atoms with Crippen molar-refractivity contribution in [2.45, 2.75) is 31.6 Å². The number of aromatic nitrogens is 2. The van der Waals surface area contributed by atoms with Crippen molar-refractivity contribution in [3.8, 4) is 11.4 Å². The second-order valence-corrected chi connectivity index (χ2v) is 7.26. The van der Waals surface area contributed by atoms with Gasteiger partial charge in [0.1, 0.15) is 11.9 Å². The van der Waals surface area contributed by atoms with Crippen LogP contribution in [0.25, 0.3) is 5.69 Å². The average Bonchev–Trinajstić information content (AvgIpc) is 3.47. The molecule has 0 bridgehead atoms. The van der Waals surface area contributed by atoms with Gasteiger partial charge in [-0.1, -0.05) is 0 Å². The molecule has 29 heavy (non-hydrogen) atoms. The molecule has 156 valence electrons. The fourth-order valence-electron chi connectivity index (χ4n) is 3.83. The van der Waals surface area contributed by atoms with Crippen LogP contribution in [0.4, 0.5) is 0 Å². The smallest absolute Gasteiger partial charge is 0.194 e. The van der Waals surface area contributed by atoms with Gasteiger partial charge in [0.05, 0.1) is 37.7 Å². The number of hydrogen-bond donors (Lipinski definition) is 1. The Labute approximate surface area is 171 Å². The van der Waals surface area contributed by atoms with E-state index in [1.807, 2.05) is 48.3 Å². The Balaban J connectivity index is 1.34. The summed E-state index contributed by atoms with van der Waals surface area (Å²) in [5.41, 5.74) is 1.94. The Morgan fingerprint density at radius 1 is 1.21 bits per heavy atom. The molecule has 0 amide bonds. The molecule has 2 unspecified atom stereocenters. The van der Waals surface area contributed by atoms with E-state index < -0.39 is 0 Å². The molecule has 0 radical (unpaired) electrons. The zero-order valence-electron chi connectivity index (χ0n) is 17.1. The highest BCUT2D eigenvalue weighted by Crippen LogP contribution is 2.21. The number of aliphatic imine (C=N–C) groups is 1. The molecule has 2 aliphatic rings. The summed E-state index contributed by atoms with van der Waals surface area (Å²) in [7, 11) is 3.48. The van der Waals surface area contributed by atoms with Crippen molar-refractivity contribution in [3.63, 3.8) is 0 Å². The molecule has 0 spiro atoms. The van der Waals surface area contributed by atoms with Gasteiger partial charge in [0.25, 0.3) is 0 Å². The molecule has 2 aliphatic heterocycles. The van der Waals surface area contributed by atoms with Crippen molar-refractivity contribution in [3.05, 3.63) is 42.2 Å². The molecule has 1 aromatic carbocycles. The summed E-state index contributed by atoms with van der Waals surface area (Å²) in [5, 5.41) is 8.09. The van der Waals surface area contributed by atoms with Crippen molar-refractivity contribution in [1.29, 1.82) is 0 Å². The van der Waals surface area contributed by atoms with Crippen LogP contribution in [0.2, 0.25) is 0 Å². The molecule has 3 heterocycles. The van der Waals surface area contributed by atoms with Gasteiger partial charge >= 0.3 is 0 Å². The molecule has 8 heteroatoms. The summed E-state index contributed by atoms with van der Waals surface area (Å²) < 4.78 is 18.8. The maximum absolute atomic E-state index is 5.94. The Morgan fingerprint density at radius 3 is 2.76 bits per heavy atom. The SMILES string of the molecule is CN=C(NCc1ccn(-c2ccc(OC)cc2)n1)N1CCOC(C2CCCO2)C1. The molecule has 0 saturated carbocycles. The first-order chi connectivity index (χ1) is 14.3. The molecule has 2 aromatic rings. The monoisotopic (exact) mass is 399 g/mol. The number of hydrogen-bond acceptors (Lipinski definition) is 5. The molecular formula is C21H29N5O3. The number of guanidine groups is 1. The zero-order valence-corrected chi connectivity index (χ0v) is 17.1. The topological polar surface area (TPSA) is 73.1 Å². The van der Waals surface area contributed by atoms with Gasteiger partial charge in [0, 0.05) is 32.9 Å². The van der Waals surface area contributed by atoms with Crippen LogP contribution in [0.15, 0.2) is 41.5 Å². The van der Waals surface area contributed by atoms with Crippen LogP contribution in [-0.4, -0.2) is 73.3 Å². The van der Waals surface area contributed by atoms with Gasteiger partial charge in [0.15, 0.2) is 5.96 Å². The van der Waals surface area contributed by atoms with Gasteiger partial charge in [-0.05, 0) is 43.2 Å². The molecule has 2 saturated heterocycles. The minimum absolute atomic E-state index is 0.110. The normalized spacial score (nSPS) is 22.7. The van der Waals surface area contributed by atoms with E-state index in [0.29, 0.717) is 13.2 Å². The van der Waals surface area contributed by atoms with Crippen molar-refractivity contribution in [2.24, 2.45) is 4.99 Å². The van der Waals surface area contributed by atoms with E-state index in [2.05, 4.69) is 20.3 Å². The summed E-state index contributed by atoms with van der Waals surface area (Å²) in [6.07, 6.45) is 4.47. The summed E-state index contributed by atoms with van der Waals surface area (Å²) in [4.78, 5) is 6.70. The predicted octanol–water partition coefficient (Wildman–Crippen LogP) is 1.84. The molecule has 0 aliphatic carbocycles. The molecule has 1 aromatic heterocycles. The van der Waals surface area contributed by atoms with Gasteiger partial charge in [-0.15, -0.1) is 0 Å². The Hall–Kier alpha value is -2.58. The van der Waals surface area contributed by atoms with Gasteiger partial charge in [-0.3, -0.25) is 4.99 Å². The zero-order chi connectivity index (χ0) is 20.1. The molecule has 8 nitrogen and oxygen atoms in total. The lowest BCUT2D eigenvalue weighted by atomic mass is 10.1. The highest BCUT2D eigenvalue weighted by Gasteiger charge is 2.32. The Bertz CT molecular complexity index is 814. The molecule has 2 atom stereocenters. The van der Waals surface area contributed by atoms with Crippen LogP contribution in [0.3, 0.4) is 0 Å². The van der Waals surface area contributed by atoms with E-state index in [9.17, 15) is 0 Å². The standard InChI is InChI=1S/C21H29N5O3/c1-22-21(25-11-13-29-20(15-25)19-4-3-12-28-19)23-14-16-9-10-26(24-16)17-5-7-18(27-2)8-6-17/h5-10,19-20H,3-4,11-15H2,1-2H3,(H,22,23). The fourth-order valence-corrected chi connectivity index (χ4v) is 3.83. The van der Waals surface area contributed by atoms with Crippen LogP contribution in [0, 0.1) is 0 Å². The molecule has 2 fully saturated rings. The fraction of sp³-hybridized carbons (Fsp3) is 0.524. The lowest BCUT2D eigenvalue weighted by Crippen LogP contribution is -2.53. The van der Waals surface area contributed by atoms with E-state index >= 15 is 0 Å². The van der Waals surface area contributed by atoms with Crippen molar-refractivity contribution >= 4 is 5.96 Å². The first-order valence-corrected chi connectivity index (χ1v) is 10.1. The highest BCUT2D eigenvalue weighted by molar-refractivity contribution is 5.80. The molecule has 4 rings (SSSR count). The van der Waals surface area contributed by atoms with Crippen molar-refractivity contribution < 1.29 is 14.2 Å². The van der Waals surface area contributed by atoms with Crippen LogP contribution in [0.5, 0.6) is 5.75 Å². The minimum atomic E-state index is 0.110. The summed E-state index contributed by atoms with van der Waals surface area (Å²) >= 11 is 0. The second-order valence-electron chi connectivity index (χ2n) is 7.26. The third kappa shape index (κ3) is 4.71. The lowest BCUT2D eigenvalue weighted by Gasteiger charge is -2.37. The second kappa shape index (κ2) is 9.28. The van der Waals surface area contributed by atoms with Crippen LogP contribution in [-0.2, 0) is 16.0 Å². The maximum atomic E-state index is 5.94. The summed E-state index contributed by atoms with van der Waals surface area (Å²) in [6.45, 7) is 3.76. The third-order valence-electron chi connectivity index (χ3n) is 5.39. The van der Waals surface area contributed by atoms with Gasteiger partial charge in [-0.25, -0.2) is 4.68 Å². The molecular weight excluding hydrogens is 370 g/mol. The molecule has 1 N–H and O–H groups in total. The minimum Gasteiger partial charge on any atom is -0.497 e. The maximum Gasteiger partial charge on any atom is 0.194 e. The average molecular weight is 399 g/mol. The first kappa shape index (κ1) is 19.7. The highest BCUT2D eigenvalue weighted by atomic mass is 16.5. The number of nitrogens with zero attached hydrogens (tertiary/aromatic N) is 4. The van der Waals surface area contributed by atoms with E-state index in [1.165, 1.54) is 0 Å². The number of nitrogens with one attached hydrogen (secondary N) is 1. The summed E-state index contributed by atoms with van der Waals surface area (Å²) in [5.74, 6) is 1.70. The van der Waals surface area contributed by atoms with Crippen LogP contribution < -0.4 is 10.1 Å². The summed E-state index contributed by atoms with van der Waals surface area (Å²) in [6, 6.07) is 9.85. The number of rotatable bonds is 5. The van der Waals surface area contributed by atoms with Gasteiger partial charge < -0.3 is 24.4 Å². The van der Waals surface area contributed by atoms with Crippen molar-refractivity contribution in [2.75, 3.05) is 40.5 Å². The van der Waals surface area contributed by atoms with E-state index in [4.69, 9.17) is 14.2 Å². The number of ether oxygens (including phenoxy) is 3. The van der Waals surface area contributed by atoms with Crippen molar-refractivity contribution in [1.82, 2.24) is 20.0 Å². The predicted molar refractivity (Wildman–Crippen MR) is 111 cm³/mol. The Morgan fingerprint density at radius 2 is 2.03 bits per heavy atom. The van der Waals surface area contributed by atoms with Crippen LogP contribution in [0.1, 0.15) is 18.5 Å². The quantitative estimate of drug-likeness (QED) is 0.611. The van der Waals surface area contributed by atoms with E-state index in [0.717, 1.165) is 55.6 Å².